The average Bonchev–Trinajstić information content (AvgIpc) is 3.08. The fourth-order valence-corrected chi connectivity index (χ4v) is 4.43. The van der Waals surface area contributed by atoms with E-state index < -0.39 is 15.9 Å². The molecule has 1 amide bonds. The number of unbranched alkanes of at least 4 members (excludes halogenated alkanes) is 1. The van der Waals surface area contributed by atoms with E-state index in [1.165, 1.54) is 12.1 Å². The summed E-state index contributed by atoms with van der Waals surface area (Å²) < 4.78 is 45.1. The molecule has 0 unspecified atom stereocenters. The predicted molar refractivity (Wildman–Crippen MR) is 118 cm³/mol. The SMILES string of the molecule is CCc1cc2c(C(N)=O)c(Cc3ccc(F)cc3)oc2nc1N(CCCC#N)S(C)(=O)=O. The van der Waals surface area contributed by atoms with E-state index in [0.29, 0.717) is 29.4 Å². The number of aryl methyl sites for hydroxylation is 1. The Morgan fingerprint density at radius 1 is 1.31 bits per heavy atom. The maximum absolute atomic E-state index is 13.2. The fourth-order valence-electron chi connectivity index (χ4n) is 3.49. The monoisotopic (exact) mass is 458 g/mol. The molecular weight excluding hydrogens is 435 g/mol. The van der Waals surface area contributed by atoms with Crippen molar-refractivity contribution < 1.29 is 22.0 Å². The van der Waals surface area contributed by atoms with Crippen LogP contribution >= 0.6 is 0 Å². The molecule has 0 aliphatic rings. The molecule has 0 saturated heterocycles. The standard InChI is InChI=1S/C22H23FN4O4S/c1-3-15-13-17-19(20(25)28)18(12-14-6-8-16(23)9-7-14)31-22(17)26-21(15)27(32(2,29)30)11-5-4-10-24/h6-9,13H,3-5,11-12H2,1-2H3,(H2,25,28). The third-order valence-electron chi connectivity index (χ3n) is 5.00. The first-order chi connectivity index (χ1) is 15.2. The molecular formula is C22H23FN4O4S. The van der Waals surface area contributed by atoms with Gasteiger partial charge in [-0.05, 0) is 42.2 Å². The lowest BCUT2D eigenvalue weighted by Gasteiger charge is -2.23. The fraction of sp³-hybridized carbons (Fsp3) is 0.318. The van der Waals surface area contributed by atoms with Crippen LogP contribution in [0.15, 0.2) is 34.7 Å². The number of pyridine rings is 1. The molecule has 2 heterocycles. The Morgan fingerprint density at radius 2 is 2.00 bits per heavy atom. The number of anilines is 1. The lowest BCUT2D eigenvalue weighted by atomic mass is 10.0. The summed E-state index contributed by atoms with van der Waals surface area (Å²) in [6.07, 6.45) is 2.24. The summed E-state index contributed by atoms with van der Waals surface area (Å²) in [5.41, 5.74) is 7.16. The van der Waals surface area contributed by atoms with Gasteiger partial charge in [-0.25, -0.2) is 12.8 Å². The van der Waals surface area contributed by atoms with Crippen molar-refractivity contribution in [3.8, 4) is 6.07 Å². The van der Waals surface area contributed by atoms with Crippen LogP contribution in [0.25, 0.3) is 11.1 Å². The second-order valence-electron chi connectivity index (χ2n) is 7.34. The number of aromatic nitrogens is 1. The molecule has 8 nitrogen and oxygen atoms in total. The second-order valence-corrected chi connectivity index (χ2v) is 9.25. The number of nitriles is 1. The van der Waals surface area contributed by atoms with E-state index in [1.807, 2.05) is 13.0 Å². The largest absolute Gasteiger partial charge is 0.441 e. The van der Waals surface area contributed by atoms with Crippen molar-refractivity contribution >= 4 is 32.8 Å². The molecule has 168 valence electrons. The molecule has 3 rings (SSSR count). The van der Waals surface area contributed by atoms with Crippen molar-refractivity contribution in [3.05, 3.63) is 58.6 Å². The first-order valence-corrected chi connectivity index (χ1v) is 11.8. The van der Waals surface area contributed by atoms with E-state index >= 15 is 0 Å². The Hall–Kier alpha value is -3.45. The molecule has 0 bridgehead atoms. The third kappa shape index (κ3) is 4.89. The van der Waals surface area contributed by atoms with Crippen LogP contribution in [0.2, 0.25) is 0 Å². The van der Waals surface area contributed by atoms with Crippen LogP contribution in [-0.4, -0.2) is 32.1 Å². The number of furan rings is 1. The van der Waals surface area contributed by atoms with Crippen molar-refractivity contribution in [2.24, 2.45) is 5.73 Å². The second kappa shape index (κ2) is 9.36. The maximum atomic E-state index is 13.2. The predicted octanol–water partition coefficient (Wildman–Crippen LogP) is 3.29. The van der Waals surface area contributed by atoms with Crippen molar-refractivity contribution in [1.29, 1.82) is 5.26 Å². The highest BCUT2D eigenvalue weighted by Crippen LogP contribution is 2.32. The first kappa shape index (κ1) is 23.2. The van der Waals surface area contributed by atoms with E-state index in [1.54, 1.807) is 18.2 Å². The van der Waals surface area contributed by atoms with Gasteiger partial charge in [-0.1, -0.05) is 19.1 Å². The Morgan fingerprint density at radius 3 is 2.56 bits per heavy atom. The van der Waals surface area contributed by atoms with Gasteiger partial charge in [0.05, 0.1) is 23.3 Å². The zero-order chi connectivity index (χ0) is 23.5. The molecule has 2 aromatic heterocycles. The minimum absolute atomic E-state index is 0.0806. The van der Waals surface area contributed by atoms with Crippen LogP contribution in [0.3, 0.4) is 0 Å². The highest BCUT2D eigenvalue weighted by molar-refractivity contribution is 7.92. The summed E-state index contributed by atoms with van der Waals surface area (Å²) in [5, 5.41) is 9.19. The summed E-state index contributed by atoms with van der Waals surface area (Å²) >= 11 is 0. The van der Waals surface area contributed by atoms with E-state index in [4.69, 9.17) is 15.4 Å². The number of nitrogens with zero attached hydrogens (tertiary/aromatic N) is 3. The van der Waals surface area contributed by atoms with Gasteiger partial charge in [0.1, 0.15) is 17.4 Å². The number of primary amides is 1. The van der Waals surface area contributed by atoms with Crippen LogP contribution in [0.1, 0.15) is 47.0 Å². The van der Waals surface area contributed by atoms with Crippen LogP contribution < -0.4 is 10.0 Å². The molecule has 2 N–H and O–H groups in total. The number of carbonyl (C=O) groups excluding carboxylic acids is 1. The summed E-state index contributed by atoms with van der Waals surface area (Å²) in [4.78, 5) is 16.7. The first-order valence-electron chi connectivity index (χ1n) is 9.99. The van der Waals surface area contributed by atoms with Gasteiger partial charge in [0, 0.05) is 19.4 Å². The number of carbonyl (C=O) groups is 1. The number of benzene rings is 1. The minimum Gasteiger partial charge on any atom is -0.441 e. The van der Waals surface area contributed by atoms with Gasteiger partial charge in [-0.3, -0.25) is 9.10 Å². The van der Waals surface area contributed by atoms with Crippen molar-refractivity contribution in [2.45, 2.75) is 32.6 Å². The Kier molecular flexibility index (Phi) is 6.79. The van der Waals surface area contributed by atoms with Gasteiger partial charge in [0.15, 0.2) is 0 Å². The molecule has 0 saturated carbocycles. The van der Waals surface area contributed by atoms with Crippen molar-refractivity contribution in [2.75, 3.05) is 17.1 Å². The number of sulfonamides is 1. The van der Waals surface area contributed by atoms with Crippen LogP contribution in [0.5, 0.6) is 0 Å². The number of rotatable bonds is 9. The van der Waals surface area contributed by atoms with Gasteiger partial charge < -0.3 is 10.2 Å². The molecule has 10 heteroatoms. The van der Waals surface area contributed by atoms with E-state index in [-0.39, 0.29) is 48.1 Å². The number of nitrogens with two attached hydrogens (primary N) is 1. The Balaban J connectivity index is 2.15. The lowest BCUT2D eigenvalue weighted by Crippen LogP contribution is -2.32. The number of hydrogen-bond acceptors (Lipinski definition) is 6. The number of fused-ring (bicyclic) bond motifs is 1. The third-order valence-corrected chi connectivity index (χ3v) is 6.16. The molecule has 0 aliphatic heterocycles. The van der Waals surface area contributed by atoms with Crippen LogP contribution in [0.4, 0.5) is 10.2 Å². The molecule has 0 radical (unpaired) electrons. The number of amides is 1. The summed E-state index contributed by atoms with van der Waals surface area (Å²) in [6.45, 7) is 1.93. The molecule has 0 fully saturated rings. The zero-order valence-electron chi connectivity index (χ0n) is 17.8. The Labute approximate surface area is 185 Å². The minimum atomic E-state index is -3.68. The van der Waals surface area contributed by atoms with Gasteiger partial charge >= 0.3 is 0 Å². The van der Waals surface area contributed by atoms with Crippen LogP contribution in [0, 0.1) is 17.1 Å². The maximum Gasteiger partial charge on any atom is 0.252 e. The number of halogens is 1. The van der Waals surface area contributed by atoms with Crippen LogP contribution in [-0.2, 0) is 22.9 Å². The highest BCUT2D eigenvalue weighted by atomic mass is 32.2. The molecule has 32 heavy (non-hydrogen) atoms. The molecule has 0 atom stereocenters. The molecule has 0 spiro atoms. The van der Waals surface area contributed by atoms with E-state index in [9.17, 15) is 17.6 Å². The van der Waals surface area contributed by atoms with E-state index in [2.05, 4.69) is 4.98 Å². The van der Waals surface area contributed by atoms with E-state index in [0.717, 1.165) is 10.6 Å². The quantitative estimate of drug-likeness (QED) is 0.490. The van der Waals surface area contributed by atoms with Gasteiger partial charge in [-0.15, -0.1) is 0 Å². The molecule has 3 aromatic rings. The van der Waals surface area contributed by atoms with Crippen molar-refractivity contribution in [1.82, 2.24) is 4.98 Å². The highest BCUT2D eigenvalue weighted by Gasteiger charge is 2.26. The lowest BCUT2D eigenvalue weighted by molar-refractivity contribution is 0.1000. The normalized spacial score (nSPS) is 11.4. The number of hydrogen-bond donors (Lipinski definition) is 1. The van der Waals surface area contributed by atoms with Gasteiger partial charge in [-0.2, -0.15) is 10.2 Å². The topological polar surface area (TPSA) is 130 Å². The summed E-state index contributed by atoms with van der Waals surface area (Å²) in [5.74, 6) is -0.629. The van der Waals surface area contributed by atoms with Gasteiger partial charge in [0.2, 0.25) is 15.7 Å². The summed E-state index contributed by atoms with van der Waals surface area (Å²) in [7, 11) is -3.68. The zero-order valence-corrected chi connectivity index (χ0v) is 18.6. The van der Waals surface area contributed by atoms with Crippen molar-refractivity contribution in [3.63, 3.8) is 0 Å². The summed E-state index contributed by atoms with van der Waals surface area (Å²) in [6, 6.07) is 9.42. The van der Waals surface area contributed by atoms with Gasteiger partial charge in [0.25, 0.3) is 5.91 Å². The Bertz CT molecular complexity index is 1290. The molecule has 1 aromatic carbocycles. The smallest absolute Gasteiger partial charge is 0.252 e. The molecule has 0 aliphatic carbocycles. The average molecular weight is 459 g/mol.